The number of carbonyl (C=O) groups is 1. The molecule has 10 heteroatoms. The van der Waals surface area contributed by atoms with Crippen LogP contribution in [0.15, 0.2) is 6.20 Å². The first-order valence-corrected chi connectivity index (χ1v) is 8.79. The number of nitrogen functional groups attached to an aromatic ring is 1. The van der Waals surface area contributed by atoms with E-state index < -0.39 is 5.97 Å². The second-order valence-corrected chi connectivity index (χ2v) is 6.01. The number of esters is 1. The summed E-state index contributed by atoms with van der Waals surface area (Å²) in [6, 6.07) is 0.704. The number of ether oxygens (including phenoxy) is 3. The van der Waals surface area contributed by atoms with Crippen LogP contribution in [0.1, 0.15) is 49.0 Å². The fourth-order valence-electron chi connectivity index (χ4n) is 2.82. The molecule has 9 nitrogen and oxygen atoms in total. The van der Waals surface area contributed by atoms with Crippen LogP contribution < -0.4 is 17.0 Å². The van der Waals surface area contributed by atoms with E-state index in [1.54, 1.807) is 11.6 Å². The highest BCUT2D eigenvalue weighted by Crippen LogP contribution is 2.25. The number of hydrogen-bond acceptors (Lipinski definition) is 8. The van der Waals surface area contributed by atoms with Crippen LogP contribution in [0.25, 0.3) is 0 Å². The van der Waals surface area contributed by atoms with Crippen molar-refractivity contribution in [3.8, 4) is 0 Å². The Morgan fingerprint density at radius 2 is 1.85 bits per heavy atom. The van der Waals surface area contributed by atoms with E-state index in [0.717, 1.165) is 38.9 Å². The number of carbonyl (C=O) groups excluding carboxylic acids is 1. The molecule has 2 fully saturated rings. The summed E-state index contributed by atoms with van der Waals surface area (Å²) in [6.45, 7) is 5.22. The van der Waals surface area contributed by atoms with Crippen molar-refractivity contribution in [3.63, 3.8) is 0 Å². The van der Waals surface area contributed by atoms with Gasteiger partial charge in [0, 0.05) is 32.5 Å². The number of nitrogens with zero attached hydrogens (tertiary/aromatic N) is 2. The van der Waals surface area contributed by atoms with Crippen LogP contribution in [-0.2, 0) is 14.2 Å². The number of hydrazine groups is 1. The smallest absolute Gasteiger partial charge is 0.343 e. The number of nitrogens with one attached hydrogen (secondary N) is 1. The Kier molecular flexibility index (Phi) is 10.5. The van der Waals surface area contributed by atoms with Gasteiger partial charge in [-0.25, -0.2) is 9.48 Å². The second-order valence-electron chi connectivity index (χ2n) is 6.01. The summed E-state index contributed by atoms with van der Waals surface area (Å²) in [4.78, 5) is 11.6. The summed E-state index contributed by atoms with van der Waals surface area (Å²) < 4.78 is 17.0. The van der Waals surface area contributed by atoms with E-state index >= 15 is 0 Å². The molecule has 1 aromatic heterocycles. The van der Waals surface area contributed by atoms with Gasteiger partial charge in [0.15, 0.2) is 0 Å². The molecule has 2 aliphatic heterocycles. The van der Waals surface area contributed by atoms with Crippen LogP contribution >= 0.6 is 12.4 Å². The lowest BCUT2D eigenvalue weighted by atomic mass is 10.1. The molecule has 2 aliphatic rings. The lowest BCUT2D eigenvalue weighted by Crippen LogP contribution is -2.39. The van der Waals surface area contributed by atoms with Gasteiger partial charge < -0.3 is 19.9 Å². The van der Waals surface area contributed by atoms with E-state index in [2.05, 4.69) is 10.5 Å². The Morgan fingerprint density at radius 3 is 2.35 bits per heavy atom. The third-order valence-electron chi connectivity index (χ3n) is 4.32. The van der Waals surface area contributed by atoms with E-state index in [0.29, 0.717) is 37.2 Å². The van der Waals surface area contributed by atoms with Crippen LogP contribution in [-0.4, -0.2) is 54.8 Å². The molecule has 26 heavy (non-hydrogen) atoms. The highest BCUT2D eigenvalue weighted by atomic mass is 35.5. The zero-order valence-corrected chi connectivity index (χ0v) is 16.0. The molecule has 5 N–H and O–H groups in total. The molecule has 3 rings (SSSR count). The van der Waals surface area contributed by atoms with Gasteiger partial charge in [-0.3, -0.25) is 11.3 Å². The maximum atomic E-state index is 11.6. The number of anilines is 1. The lowest BCUT2D eigenvalue weighted by Gasteiger charge is -2.23. The highest BCUT2D eigenvalue weighted by Gasteiger charge is 2.22. The van der Waals surface area contributed by atoms with E-state index in [9.17, 15) is 4.79 Å². The quantitative estimate of drug-likeness (QED) is 0.395. The molecule has 0 amide bonds. The van der Waals surface area contributed by atoms with Gasteiger partial charge in [-0.1, -0.05) is 0 Å². The zero-order valence-electron chi connectivity index (χ0n) is 15.2. The molecule has 2 saturated heterocycles. The molecule has 0 unspecified atom stereocenters. The van der Waals surface area contributed by atoms with Crippen molar-refractivity contribution in [1.29, 1.82) is 0 Å². The minimum atomic E-state index is -0.414. The second kappa shape index (κ2) is 12.1. The van der Waals surface area contributed by atoms with Crippen molar-refractivity contribution < 1.29 is 19.0 Å². The fraction of sp³-hybridized carbons (Fsp3) is 0.750. The van der Waals surface area contributed by atoms with E-state index in [1.807, 2.05) is 0 Å². The summed E-state index contributed by atoms with van der Waals surface area (Å²) in [5, 5.41) is 4.18. The molecule has 0 atom stereocenters. The Labute approximate surface area is 160 Å². The van der Waals surface area contributed by atoms with Gasteiger partial charge in [-0.15, -0.1) is 12.4 Å². The van der Waals surface area contributed by atoms with Gasteiger partial charge in [0.1, 0.15) is 11.4 Å². The normalized spacial score (nSPS) is 18.4. The Hall–Kier alpha value is -1.39. The van der Waals surface area contributed by atoms with Crippen LogP contribution in [0.3, 0.4) is 0 Å². The number of hydrogen-bond donors (Lipinski definition) is 3. The van der Waals surface area contributed by atoms with Gasteiger partial charge in [0.2, 0.25) is 0 Å². The molecule has 0 spiro atoms. The topological polar surface area (TPSA) is 127 Å². The minimum Gasteiger partial charge on any atom is -0.462 e. The molecule has 0 bridgehead atoms. The monoisotopic (exact) mass is 391 g/mol. The number of halogens is 1. The number of aromatic nitrogens is 2. The summed E-state index contributed by atoms with van der Waals surface area (Å²) in [5.74, 6) is 5.17. The largest absolute Gasteiger partial charge is 0.462 e. The highest BCUT2D eigenvalue weighted by molar-refractivity contribution is 5.94. The maximum Gasteiger partial charge on any atom is 0.343 e. The molecule has 1 aromatic rings. The van der Waals surface area contributed by atoms with Crippen molar-refractivity contribution >= 4 is 24.2 Å². The van der Waals surface area contributed by atoms with Gasteiger partial charge in [-0.05, 0) is 32.6 Å². The van der Waals surface area contributed by atoms with Gasteiger partial charge in [0.05, 0.1) is 18.8 Å². The Morgan fingerprint density at radius 1 is 1.27 bits per heavy atom. The first-order valence-electron chi connectivity index (χ1n) is 8.79. The van der Waals surface area contributed by atoms with Crippen molar-refractivity contribution in [2.45, 2.75) is 44.7 Å². The first kappa shape index (κ1) is 22.7. The fourth-order valence-corrected chi connectivity index (χ4v) is 2.82. The molecular weight excluding hydrogens is 362 g/mol. The zero-order chi connectivity index (χ0) is 18.1. The van der Waals surface area contributed by atoms with E-state index in [4.69, 9.17) is 25.8 Å². The van der Waals surface area contributed by atoms with Crippen LogP contribution in [0.4, 0.5) is 5.82 Å². The molecule has 150 valence electrons. The van der Waals surface area contributed by atoms with E-state index in [-0.39, 0.29) is 18.4 Å². The minimum absolute atomic E-state index is 0. The van der Waals surface area contributed by atoms with Gasteiger partial charge >= 0.3 is 5.97 Å². The van der Waals surface area contributed by atoms with Crippen molar-refractivity contribution in [3.05, 3.63) is 11.8 Å². The third-order valence-corrected chi connectivity index (χ3v) is 4.32. The van der Waals surface area contributed by atoms with Crippen LogP contribution in [0.5, 0.6) is 0 Å². The van der Waals surface area contributed by atoms with Gasteiger partial charge in [0.25, 0.3) is 0 Å². The Bertz CT molecular complexity index is 531. The molecule has 3 heterocycles. The van der Waals surface area contributed by atoms with Crippen molar-refractivity contribution in [2.75, 3.05) is 38.8 Å². The maximum absolute atomic E-state index is 11.6. The molecule has 0 aliphatic carbocycles. The average Bonchev–Trinajstić information content (AvgIpc) is 3.05. The molecular formula is C16H30ClN5O4. The third kappa shape index (κ3) is 6.40. The van der Waals surface area contributed by atoms with Crippen molar-refractivity contribution in [1.82, 2.24) is 15.2 Å². The molecule has 0 saturated carbocycles. The van der Waals surface area contributed by atoms with Crippen LogP contribution in [0, 0.1) is 0 Å². The van der Waals surface area contributed by atoms with Crippen molar-refractivity contribution in [2.24, 2.45) is 5.84 Å². The SMILES string of the molecule is CCOC(=O)c1cnn(C2CCOCC2)c1N.Cl.NNC1CCOCC1. The summed E-state index contributed by atoms with van der Waals surface area (Å²) >= 11 is 0. The average molecular weight is 392 g/mol. The predicted molar refractivity (Wildman–Crippen MR) is 100 cm³/mol. The number of rotatable bonds is 4. The molecule has 0 radical (unpaired) electrons. The van der Waals surface area contributed by atoms with E-state index in [1.165, 1.54) is 6.20 Å². The predicted octanol–water partition coefficient (Wildman–Crippen LogP) is 1.04. The lowest BCUT2D eigenvalue weighted by molar-refractivity contribution is 0.0527. The van der Waals surface area contributed by atoms with Crippen LogP contribution in [0.2, 0.25) is 0 Å². The summed E-state index contributed by atoms with van der Waals surface area (Å²) in [6.07, 6.45) is 5.32. The number of nitrogens with two attached hydrogens (primary N) is 2. The van der Waals surface area contributed by atoms with Gasteiger partial charge in [-0.2, -0.15) is 5.10 Å². The summed E-state index contributed by atoms with van der Waals surface area (Å²) in [5.41, 5.74) is 8.99. The first-order chi connectivity index (χ1) is 12.2. The summed E-state index contributed by atoms with van der Waals surface area (Å²) in [7, 11) is 0. The Balaban J connectivity index is 0.000000318. The molecule has 0 aromatic carbocycles. The standard InChI is InChI=1S/C11H17N3O3.C5H12N2O.ClH/c1-2-17-11(15)9-7-13-14(10(9)12)8-3-5-16-6-4-8;6-7-5-1-3-8-4-2-5;/h7-8H,2-6,12H2,1H3;5,7H,1-4,6H2;1H.